The van der Waals surface area contributed by atoms with Crippen molar-refractivity contribution in [2.45, 2.75) is 19.0 Å². The summed E-state index contributed by atoms with van der Waals surface area (Å²) in [6.45, 7) is 1.88. The number of hydrogen-bond donors (Lipinski definition) is 1. The van der Waals surface area contributed by atoms with Crippen LogP contribution in [-0.2, 0) is 4.79 Å². The molecule has 6 heteroatoms. The molecule has 0 aliphatic carbocycles. The standard InChI is InChI=1S/C20H18N4OS/c1-14(24-13-22-16-9-5-6-10-17(16)24)19(25)23-18(20-21-11-12-26-20)15-7-3-2-4-8-15/h2-14,18H,1H3,(H,23,25). The SMILES string of the molecule is CC(C(=O)NC(c1ccccc1)c1nccs1)n1cnc2ccccc21. The molecule has 0 aliphatic heterocycles. The van der Waals surface area contributed by atoms with E-state index in [9.17, 15) is 4.79 Å². The van der Waals surface area contributed by atoms with Crippen LogP contribution in [0.15, 0.2) is 72.5 Å². The summed E-state index contributed by atoms with van der Waals surface area (Å²) < 4.78 is 1.90. The van der Waals surface area contributed by atoms with Crippen LogP contribution in [0.4, 0.5) is 0 Å². The van der Waals surface area contributed by atoms with Gasteiger partial charge in [0.05, 0.1) is 17.4 Å². The second-order valence-corrected chi connectivity index (χ2v) is 6.97. The summed E-state index contributed by atoms with van der Waals surface area (Å²) in [7, 11) is 0. The molecule has 2 unspecified atom stereocenters. The van der Waals surface area contributed by atoms with Gasteiger partial charge in [-0.15, -0.1) is 11.3 Å². The number of rotatable bonds is 5. The molecule has 2 aromatic carbocycles. The van der Waals surface area contributed by atoms with Gasteiger partial charge in [0.1, 0.15) is 17.1 Å². The Hall–Kier alpha value is -2.99. The Morgan fingerprint density at radius 3 is 2.62 bits per heavy atom. The van der Waals surface area contributed by atoms with Gasteiger partial charge in [0.2, 0.25) is 5.91 Å². The van der Waals surface area contributed by atoms with Crippen molar-refractivity contribution in [3.05, 3.63) is 83.1 Å². The second-order valence-electron chi connectivity index (χ2n) is 6.04. The minimum absolute atomic E-state index is 0.0720. The lowest BCUT2D eigenvalue weighted by Crippen LogP contribution is -2.34. The zero-order valence-electron chi connectivity index (χ0n) is 14.2. The number of benzene rings is 2. The van der Waals surface area contributed by atoms with Crippen molar-refractivity contribution in [1.82, 2.24) is 19.9 Å². The van der Waals surface area contributed by atoms with Gasteiger partial charge >= 0.3 is 0 Å². The highest BCUT2D eigenvalue weighted by Gasteiger charge is 2.23. The van der Waals surface area contributed by atoms with Crippen LogP contribution in [0.25, 0.3) is 11.0 Å². The molecule has 2 aromatic heterocycles. The number of nitrogens with one attached hydrogen (secondary N) is 1. The number of thiazole rings is 1. The smallest absolute Gasteiger partial charge is 0.243 e. The maximum atomic E-state index is 13.0. The van der Waals surface area contributed by atoms with Gasteiger partial charge in [0, 0.05) is 11.6 Å². The predicted octanol–water partition coefficient (Wildman–Crippen LogP) is 3.96. The minimum Gasteiger partial charge on any atom is -0.341 e. The number of fused-ring (bicyclic) bond motifs is 1. The molecule has 0 bridgehead atoms. The van der Waals surface area contributed by atoms with Gasteiger partial charge in [-0.3, -0.25) is 4.79 Å². The van der Waals surface area contributed by atoms with E-state index in [1.165, 1.54) is 11.3 Å². The Morgan fingerprint density at radius 1 is 1.08 bits per heavy atom. The van der Waals surface area contributed by atoms with Crippen LogP contribution in [-0.4, -0.2) is 20.4 Å². The van der Waals surface area contributed by atoms with Crippen LogP contribution in [0.1, 0.15) is 29.6 Å². The number of carbonyl (C=O) groups excluding carboxylic acids is 1. The maximum Gasteiger partial charge on any atom is 0.243 e. The minimum atomic E-state index is -0.381. The average molecular weight is 362 g/mol. The molecule has 0 fully saturated rings. The quantitative estimate of drug-likeness (QED) is 0.585. The van der Waals surface area contributed by atoms with Crippen molar-refractivity contribution in [3.8, 4) is 0 Å². The average Bonchev–Trinajstić information content (AvgIpc) is 3.36. The van der Waals surface area contributed by atoms with E-state index < -0.39 is 0 Å². The second kappa shape index (κ2) is 7.09. The normalized spacial score (nSPS) is 13.4. The molecule has 5 nitrogen and oxygen atoms in total. The first kappa shape index (κ1) is 16.5. The molecular formula is C20H18N4OS. The highest BCUT2D eigenvalue weighted by Crippen LogP contribution is 2.25. The maximum absolute atomic E-state index is 13.0. The lowest BCUT2D eigenvalue weighted by Gasteiger charge is -2.21. The number of carbonyl (C=O) groups is 1. The number of nitrogens with zero attached hydrogens (tertiary/aromatic N) is 3. The topological polar surface area (TPSA) is 59.8 Å². The predicted molar refractivity (Wildman–Crippen MR) is 103 cm³/mol. The van der Waals surface area contributed by atoms with Gasteiger partial charge in [-0.1, -0.05) is 42.5 Å². The molecule has 0 spiro atoms. The molecule has 1 N–H and O–H groups in total. The summed E-state index contributed by atoms with van der Waals surface area (Å²) in [5, 5.41) is 5.94. The molecule has 26 heavy (non-hydrogen) atoms. The van der Waals surface area contributed by atoms with Crippen LogP contribution in [0, 0.1) is 0 Å². The van der Waals surface area contributed by atoms with E-state index in [0.717, 1.165) is 21.6 Å². The van der Waals surface area contributed by atoms with Crippen LogP contribution in [0.3, 0.4) is 0 Å². The first-order valence-corrected chi connectivity index (χ1v) is 9.28. The Labute approximate surface area is 155 Å². The molecule has 0 aliphatic rings. The molecule has 2 atom stereocenters. The molecule has 130 valence electrons. The fourth-order valence-electron chi connectivity index (χ4n) is 2.99. The van der Waals surface area contributed by atoms with Gasteiger partial charge in [0.15, 0.2) is 0 Å². The lowest BCUT2D eigenvalue weighted by atomic mass is 10.1. The highest BCUT2D eigenvalue weighted by molar-refractivity contribution is 7.09. The fraction of sp³-hybridized carbons (Fsp3) is 0.150. The monoisotopic (exact) mass is 362 g/mol. The van der Waals surface area contributed by atoms with E-state index in [0.29, 0.717) is 0 Å². The summed E-state index contributed by atoms with van der Waals surface area (Å²) in [5.74, 6) is -0.0720. The Balaban J connectivity index is 1.62. The summed E-state index contributed by atoms with van der Waals surface area (Å²) in [6.07, 6.45) is 3.48. The third kappa shape index (κ3) is 3.11. The summed E-state index contributed by atoms with van der Waals surface area (Å²) >= 11 is 1.53. The van der Waals surface area contributed by atoms with Gasteiger partial charge < -0.3 is 9.88 Å². The third-order valence-electron chi connectivity index (χ3n) is 4.40. The number of hydrogen-bond acceptors (Lipinski definition) is 4. The number of para-hydroxylation sites is 2. The Kier molecular flexibility index (Phi) is 4.50. The van der Waals surface area contributed by atoms with E-state index in [1.807, 2.05) is 71.5 Å². The molecule has 2 heterocycles. The highest BCUT2D eigenvalue weighted by atomic mass is 32.1. The van der Waals surface area contributed by atoms with E-state index >= 15 is 0 Å². The molecule has 1 amide bonds. The van der Waals surface area contributed by atoms with Crippen molar-refractivity contribution >= 4 is 28.3 Å². The van der Waals surface area contributed by atoms with Gasteiger partial charge in [0.25, 0.3) is 0 Å². The van der Waals surface area contributed by atoms with E-state index in [4.69, 9.17) is 0 Å². The van der Waals surface area contributed by atoms with E-state index in [-0.39, 0.29) is 18.0 Å². The number of imidazole rings is 1. The van der Waals surface area contributed by atoms with Gasteiger partial charge in [-0.05, 0) is 24.6 Å². The first-order valence-electron chi connectivity index (χ1n) is 8.40. The van der Waals surface area contributed by atoms with Crippen molar-refractivity contribution in [1.29, 1.82) is 0 Å². The zero-order chi connectivity index (χ0) is 17.9. The van der Waals surface area contributed by atoms with Crippen LogP contribution in [0.5, 0.6) is 0 Å². The van der Waals surface area contributed by atoms with E-state index in [2.05, 4.69) is 15.3 Å². The van der Waals surface area contributed by atoms with Crippen LogP contribution in [0.2, 0.25) is 0 Å². The molecule has 0 radical (unpaired) electrons. The molecule has 4 aromatic rings. The number of aromatic nitrogens is 3. The summed E-state index contributed by atoms with van der Waals surface area (Å²) in [4.78, 5) is 21.8. The molecule has 0 saturated heterocycles. The molecule has 4 rings (SSSR count). The Bertz CT molecular complexity index is 1010. The van der Waals surface area contributed by atoms with Crippen molar-refractivity contribution in [2.24, 2.45) is 0 Å². The Morgan fingerprint density at radius 2 is 1.85 bits per heavy atom. The van der Waals surface area contributed by atoms with E-state index in [1.54, 1.807) is 12.5 Å². The van der Waals surface area contributed by atoms with Crippen molar-refractivity contribution < 1.29 is 4.79 Å². The number of amides is 1. The van der Waals surface area contributed by atoms with Crippen molar-refractivity contribution in [2.75, 3.05) is 0 Å². The fourth-order valence-corrected chi connectivity index (χ4v) is 3.70. The largest absolute Gasteiger partial charge is 0.341 e. The zero-order valence-corrected chi connectivity index (χ0v) is 15.1. The van der Waals surface area contributed by atoms with Crippen molar-refractivity contribution in [3.63, 3.8) is 0 Å². The van der Waals surface area contributed by atoms with Crippen LogP contribution >= 0.6 is 11.3 Å². The molecular weight excluding hydrogens is 344 g/mol. The molecule has 0 saturated carbocycles. The summed E-state index contributed by atoms with van der Waals surface area (Å²) in [6, 6.07) is 17.1. The van der Waals surface area contributed by atoms with Gasteiger partial charge in [-0.25, -0.2) is 9.97 Å². The third-order valence-corrected chi connectivity index (χ3v) is 5.24. The van der Waals surface area contributed by atoms with Gasteiger partial charge in [-0.2, -0.15) is 0 Å². The lowest BCUT2D eigenvalue weighted by molar-refractivity contribution is -0.124. The first-order chi connectivity index (χ1) is 12.7. The van der Waals surface area contributed by atoms with Crippen LogP contribution < -0.4 is 5.32 Å². The summed E-state index contributed by atoms with van der Waals surface area (Å²) in [5.41, 5.74) is 2.84.